The van der Waals surface area contributed by atoms with Crippen molar-refractivity contribution in [1.29, 1.82) is 5.26 Å². The maximum absolute atomic E-state index is 8.95. The Morgan fingerprint density at radius 3 is 2.53 bits per heavy atom. The predicted molar refractivity (Wildman–Crippen MR) is 80.1 cm³/mol. The molecule has 0 aliphatic rings. The first-order valence-corrected chi connectivity index (χ1v) is 6.66. The van der Waals surface area contributed by atoms with Crippen molar-refractivity contribution in [3.8, 4) is 6.07 Å². The van der Waals surface area contributed by atoms with Gasteiger partial charge in [0, 0.05) is 6.54 Å². The van der Waals surface area contributed by atoms with Crippen LogP contribution < -0.4 is 5.32 Å². The molecule has 0 atom stereocenters. The SMILES string of the molecule is Cc1ccc2cc(CCNC(C)(C)C#N)ccc2c1. The van der Waals surface area contributed by atoms with Crippen molar-refractivity contribution in [3.63, 3.8) is 0 Å². The lowest BCUT2D eigenvalue weighted by Crippen LogP contribution is -2.38. The van der Waals surface area contributed by atoms with Crippen LogP contribution >= 0.6 is 0 Å². The third kappa shape index (κ3) is 3.56. The zero-order chi connectivity index (χ0) is 13.9. The smallest absolute Gasteiger partial charge is 0.101 e. The van der Waals surface area contributed by atoms with Crippen molar-refractivity contribution in [2.45, 2.75) is 32.7 Å². The standard InChI is InChI=1S/C17H20N2/c1-13-4-6-16-11-14(5-7-15(16)10-13)8-9-19-17(2,3)12-18/h4-7,10-11,19H,8-9H2,1-3H3. The van der Waals surface area contributed by atoms with Crippen molar-refractivity contribution in [1.82, 2.24) is 5.32 Å². The number of nitrogens with zero attached hydrogens (tertiary/aromatic N) is 1. The number of nitriles is 1. The van der Waals surface area contributed by atoms with E-state index >= 15 is 0 Å². The van der Waals surface area contributed by atoms with Crippen molar-refractivity contribution < 1.29 is 0 Å². The summed E-state index contributed by atoms with van der Waals surface area (Å²) in [7, 11) is 0. The third-order valence-corrected chi connectivity index (χ3v) is 3.32. The molecule has 0 aromatic heterocycles. The van der Waals surface area contributed by atoms with Crippen molar-refractivity contribution in [2.24, 2.45) is 0 Å². The van der Waals surface area contributed by atoms with Crippen LogP contribution in [0.2, 0.25) is 0 Å². The van der Waals surface area contributed by atoms with Crippen LogP contribution in [0.3, 0.4) is 0 Å². The molecule has 2 nitrogen and oxygen atoms in total. The van der Waals surface area contributed by atoms with E-state index in [9.17, 15) is 0 Å². The number of rotatable bonds is 4. The molecule has 0 saturated carbocycles. The summed E-state index contributed by atoms with van der Waals surface area (Å²) in [4.78, 5) is 0. The van der Waals surface area contributed by atoms with Crippen molar-refractivity contribution in [2.75, 3.05) is 6.54 Å². The molecule has 0 radical (unpaired) electrons. The van der Waals surface area contributed by atoms with Crippen LogP contribution in [0.15, 0.2) is 36.4 Å². The number of benzene rings is 2. The highest BCUT2D eigenvalue weighted by molar-refractivity contribution is 5.83. The molecule has 0 unspecified atom stereocenters. The zero-order valence-corrected chi connectivity index (χ0v) is 11.8. The molecular formula is C17H20N2. The lowest BCUT2D eigenvalue weighted by Gasteiger charge is -2.17. The van der Waals surface area contributed by atoms with Gasteiger partial charge >= 0.3 is 0 Å². The maximum Gasteiger partial charge on any atom is 0.101 e. The van der Waals surface area contributed by atoms with Gasteiger partial charge in [-0.2, -0.15) is 5.26 Å². The maximum atomic E-state index is 8.95. The van der Waals surface area contributed by atoms with E-state index in [0.717, 1.165) is 13.0 Å². The van der Waals surface area contributed by atoms with Gasteiger partial charge in [-0.15, -0.1) is 0 Å². The van der Waals surface area contributed by atoms with E-state index in [4.69, 9.17) is 5.26 Å². The molecule has 0 fully saturated rings. The summed E-state index contributed by atoms with van der Waals surface area (Å²) in [6.07, 6.45) is 0.939. The average Bonchev–Trinajstić information content (AvgIpc) is 2.39. The molecule has 98 valence electrons. The minimum Gasteiger partial charge on any atom is -0.300 e. The minimum absolute atomic E-state index is 0.450. The average molecular weight is 252 g/mol. The molecule has 2 rings (SSSR count). The Hall–Kier alpha value is -1.85. The van der Waals surface area contributed by atoms with Crippen LogP contribution in [0.1, 0.15) is 25.0 Å². The molecule has 19 heavy (non-hydrogen) atoms. The second-order valence-corrected chi connectivity index (χ2v) is 5.60. The first-order valence-electron chi connectivity index (χ1n) is 6.66. The Kier molecular flexibility index (Phi) is 3.87. The van der Waals surface area contributed by atoms with Gasteiger partial charge in [0.15, 0.2) is 0 Å². The van der Waals surface area contributed by atoms with Crippen LogP contribution in [-0.4, -0.2) is 12.1 Å². The molecule has 0 aliphatic heterocycles. The Bertz CT molecular complexity index is 621. The topological polar surface area (TPSA) is 35.8 Å². The number of hydrogen-bond donors (Lipinski definition) is 1. The van der Waals surface area contributed by atoms with Gasteiger partial charge < -0.3 is 0 Å². The minimum atomic E-state index is -0.450. The zero-order valence-electron chi connectivity index (χ0n) is 11.8. The van der Waals surface area contributed by atoms with Gasteiger partial charge in [-0.1, -0.05) is 42.0 Å². The third-order valence-electron chi connectivity index (χ3n) is 3.32. The monoisotopic (exact) mass is 252 g/mol. The summed E-state index contributed by atoms with van der Waals surface area (Å²) in [5, 5.41) is 14.8. The van der Waals surface area contributed by atoms with Gasteiger partial charge in [0.25, 0.3) is 0 Å². The van der Waals surface area contributed by atoms with Gasteiger partial charge in [-0.05, 0) is 43.5 Å². The van der Waals surface area contributed by atoms with Crippen LogP contribution in [0, 0.1) is 18.3 Å². The van der Waals surface area contributed by atoms with E-state index in [0.29, 0.717) is 0 Å². The molecular weight excluding hydrogens is 232 g/mol. The Labute approximate surface area is 115 Å². The van der Waals surface area contributed by atoms with Crippen molar-refractivity contribution >= 4 is 10.8 Å². The highest BCUT2D eigenvalue weighted by Gasteiger charge is 2.14. The van der Waals surface area contributed by atoms with Gasteiger partial charge in [0.1, 0.15) is 5.54 Å². The lowest BCUT2D eigenvalue weighted by molar-refractivity contribution is 0.490. The molecule has 2 heteroatoms. The quantitative estimate of drug-likeness (QED) is 0.902. The van der Waals surface area contributed by atoms with Crippen LogP contribution in [-0.2, 0) is 6.42 Å². The first-order chi connectivity index (χ1) is 9.00. The van der Waals surface area contributed by atoms with Gasteiger partial charge in [-0.3, -0.25) is 5.32 Å². The fourth-order valence-corrected chi connectivity index (χ4v) is 2.13. The van der Waals surface area contributed by atoms with E-state index in [1.54, 1.807) is 0 Å². The number of hydrogen-bond acceptors (Lipinski definition) is 2. The summed E-state index contributed by atoms with van der Waals surface area (Å²) in [5.41, 5.74) is 2.14. The molecule has 0 bridgehead atoms. The second kappa shape index (κ2) is 5.42. The highest BCUT2D eigenvalue weighted by atomic mass is 14.9. The first kappa shape index (κ1) is 13.6. The van der Waals surface area contributed by atoms with E-state index in [2.05, 4.69) is 54.7 Å². The second-order valence-electron chi connectivity index (χ2n) is 5.60. The fraction of sp³-hybridized carbons (Fsp3) is 0.353. The largest absolute Gasteiger partial charge is 0.300 e. The molecule has 0 aliphatic carbocycles. The molecule has 2 aromatic carbocycles. The predicted octanol–water partition coefficient (Wildman–Crippen LogP) is 3.58. The highest BCUT2D eigenvalue weighted by Crippen LogP contribution is 2.18. The van der Waals surface area contributed by atoms with Crippen LogP contribution in [0.5, 0.6) is 0 Å². The molecule has 0 saturated heterocycles. The summed E-state index contributed by atoms with van der Waals surface area (Å²) in [5.74, 6) is 0. The van der Waals surface area contributed by atoms with Crippen LogP contribution in [0.4, 0.5) is 0 Å². The molecule has 0 spiro atoms. The summed E-state index contributed by atoms with van der Waals surface area (Å²) in [6, 6.07) is 15.3. The number of nitrogens with one attached hydrogen (secondary N) is 1. The molecule has 0 amide bonds. The molecule has 1 N–H and O–H groups in total. The molecule has 0 heterocycles. The normalized spacial score (nSPS) is 11.5. The Balaban J connectivity index is 2.06. The summed E-state index contributed by atoms with van der Waals surface area (Å²) in [6.45, 7) is 6.73. The van der Waals surface area contributed by atoms with Gasteiger partial charge in [-0.25, -0.2) is 0 Å². The van der Waals surface area contributed by atoms with E-state index in [-0.39, 0.29) is 0 Å². The lowest BCUT2D eigenvalue weighted by atomic mass is 10.0. The number of aryl methyl sites for hydroxylation is 1. The summed E-state index contributed by atoms with van der Waals surface area (Å²) < 4.78 is 0. The van der Waals surface area contributed by atoms with Gasteiger partial charge in [0.2, 0.25) is 0 Å². The Morgan fingerprint density at radius 2 is 1.79 bits per heavy atom. The van der Waals surface area contributed by atoms with E-state index < -0.39 is 5.54 Å². The fourth-order valence-electron chi connectivity index (χ4n) is 2.13. The van der Waals surface area contributed by atoms with Crippen LogP contribution in [0.25, 0.3) is 10.8 Å². The Morgan fingerprint density at radius 1 is 1.11 bits per heavy atom. The molecule has 2 aromatic rings. The van der Waals surface area contributed by atoms with Gasteiger partial charge in [0.05, 0.1) is 6.07 Å². The van der Waals surface area contributed by atoms with Crippen molar-refractivity contribution in [3.05, 3.63) is 47.5 Å². The number of fused-ring (bicyclic) bond motifs is 1. The van der Waals surface area contributed by atoms with E-state index in [1.807, 2.05) is 13.8 Å². The van der Waals surface area contributed by atoms with E-state index in [1.165, 1.54) is 21.9 Å². The summed E-state index contributed by atoms with van der Waals surface area (Å²) >= 11 is 0.